The zero-order chi connectivity index (χ0) is 12.3. The number of carbonyl (C=O) groups is 1. The van der Waals surface area contributed by atoms with E-state index in [-0.39, 0.29) is 11.5 Å². The second-order valence-corrected chi connectivity index (χ2v) is 3.90. The summed E-state index contributed by atoms with van der Waals surface area (Å²) in [6.45, 7) is 0.578. The highest BCUT2D eigenvalue weighted by molar-refractivity contribution is 6.43. The standard InChI is InChI=1S/C13H13NO3/c15-11-5-3-9(4-6-11)8-10-2-1-7-14-12(10)13(16)17/h3-6,8,15H,1-2,7H2,(H,16,17)/b10-8+. The molecule has 0 amide bonds. The third-order valence-corrected chi connectivity index (χ3v) is 2.61. The van der Waals surface area contributed by atoms with Crippen molar-refractivity contribution in [1.82, 2.24) is 0 Å². The minimum absolute atomic E-state index is 0.157. The predicted octanol–water partition coefficient (Wildman–Crippen LogP) is 2.09. The molecule has 0 saturated heterocycles. The van der Waals surface area contributed by atoms with Gasteiger partial charge in [-0.1, -0.05) is 12.1 Å². The van der Waals surface area contributed by atoms with Crippen molar-refractivity contribution in [3.63, 3.8) is 0 Å². The largest absolute Gasteiger partial charge is 0.508 e. The van der Waals surface area contributed by atoms with Crippen LogP contribution < -0.4 is 0 Å². The maximum absolute atomic E-state index is 11.0. The number of aliphatic carboxylic acids is 1. The summed E-state index contributed by atoms with van der Waals surface area (Å²) in [6.07, 6.45) is 3.41. The Bertz CT molecular complexity index is 486. The SMILES string of the molecule is O=C(O)C1=NCCC/C1=C\c1ccc(O)cc1. The highest BCUT2D eigenvalue weighted by atomic mass is 16.4. The molecule has 1 aliphatic heterocycles. The lowest BCUT2D eigenvalue weighted by molar-refractivity contribution is -0.129. The van der Waals surface area contributed by atoms with Crippen LogP contribution in [0.15, 0.2) is 34.8 Å². The van der Waals surface area contributed by atoms with Gasteiger partial charge in [0.15, 0.2) is 0 Å². The lowest BCUT2D eigenvalue weighted by atomic mass is 9.99. The third-order valence-electron chi connectivity index (χ3n) is 2.61. The molecule has 0 aliphatic carbocycles. The average Bonchev–Trinajstić information content (AvgIpc) is 2.32. The van der Waals surface area contributed by atoms with Crippen LogP contribution in [0.5, 0.6) is 5.75 Å². The Morgan fingerprint density at radius 1 is 1.29 bits per heavy atom. The van der Waals surface area contributed by atoms with E-state index >= 15 is 0 Å². The normalized spacial score (nSPS) is 17.9. The zero-order valence-electron chi connectivity index (χ0n) is 9.26. The quantitative estimate of drug-likeness (QED) is 0.818. The number of carboxylic acids is 1. The van der Waals surface area contributed by atoms with Crippen molar-refractivity contribution < 1.29 is 15.0 Å². The Labute approximate surface area is 98.9 Å². The lowest BCUT2D eigenvalue weighted by Gasteiger charge is -2.12. The minimum Gasteiger partial charge on any atom is -0.508 e. The molecule has 0 saturated carbocycles. The first-order chi connectivity index (χ1) is 8.16. The van der Waals surface area contributed by atoms with Gasteiger partial charge in [-0.25, -0.2) is 4.79 Å². The molecule has 88 valence electrons. The molecule has 0 aromatic heterocycles. The zero-order valence-corrected chi connectivity index (χ0v) is 9.26. The summed E-state index contributed by atoms with van der Waals surface area (Å²) < 4.78 is 0. The fourth-order valence-electron chi connectivity index (χ4n) is 1.80. The molecular formula is C13H13NO3. The van der Waals surface area contributed by atoms with E-state index in [0.717, 1.165) is 24.0 Å². The van der Waals surface area contributed by atoms with E-state index < -0.39 is 5.97 Å². The van der Waals surface area contributed by atoms with Crippen LogP contribution in [-0.2, 0) is 4.79 Å². The van der Waals surface area contributed by atoms with Crippen LogP contribution in [-0.4, -0.2) is 28.4 Å². The number of benzene rings is 1. The number of carboxylic acid groups (broad SMARTS) is 1. The summed E-state index contributed by atoms with van der Waals surface area (Å²) in [4.78, 5) is 15.0. The van der Waals surface area contributed by atoms with Gasteiger partial charge in [0, 0.05) is 6.54 Å². The molecule has 2 rings (SSSR count). The molecule has 17 heavy (non-hydrogen) atoms. The van der Waals surface area contributed by atoms with Crippen molar-refractivity contribution in [2.45, 2.75) is 12.8 Å². The monoisotopic (exact) mass is 231 g/mol. The second kappa shape index (κ2) is 4.82. The molecule has 2 N–H and O–H groups in total. The number of aliphatic imine (C=N–C) groups is 1. The first-order valence-electron chi connectivity index (χ1n) is 5.44. The molecule has 0 unspecified atom stereocenters. The van der Waals surface area contributed by atoms with Crippen LogP contribution >= 0.6 is 0 Å². The van der Waals surface area contributed by atoms with Crippen molar-refractivity contribution in [2.75, 3.05) is 6.54 Å². The van der Waals surface area contributed by atoms with Crippen molar-refractivity contribution in [2.24, 2.45) is 4.99 Å². The molecule has 1 aromatic rings. The topological polar surface area (TPSA) is 69.9 Å². The number of aromatic hydroxyl groups is 1. The summed E-state index contributed by atoms with van der Waals surface area (Å²) in [5.41, 5.74) is 1.77. The highest BCUT2D eigenvalue weighted by Gasteiger charge is 2.18. The molecule has 0 bridgehead atoms. The van der Waals surface area contributed by atoms with Gasteiger partial charge < -0.3 is 10.2 Å². The molecule has 4 heteroatoms. The van der Waals surface area contributed by atoms with Crippen LogP contribution in [0.2, 0.25) is 0 Å². The van der Waals surface area contributed by atoms with Crippen molar-refractivity contribution >= 4 is 17.8 Å². The summed E-state index contributed by atoms with van der Waals surface area (Å²) in [6, 6.07) is 6.65. The van der Waals surface area contributed by atoms with Gasteiger partial charge in [-0.15, -0.1) is 0 Å². The maximum Gasteiger partial charge on any atom is 0.354 e. The fraction of sp³-hybridized carbons (Fsp3) is 0.231. The smallest absolute Gasteiger partial charge is 0.354 e. The van der Waals surface area contributed by atoms with Gasteiger partial charge in [-0.05, 0) is 42.2 Å². The Hall–Kier alpha value is -2.10. The van der Waals surface area contributed by atoms with E-state index in [1.807, 2.05) is 6.08 Å². The van der Waals surface area contributed by atoms with Gasteiger partial charge in [0.2, 0.25) is 0 Å². The number of phenols is 1. The maximum atomic E-state index is 11.0. The molecule has 0 radical (unpaired) electrons. The van der Waals surface area contributed by atoms with E-state index in [1.165, 1.54) is 0 Å². The Morgan fingerprint density at radius 2 is 2.00 bits per heavy atom. The summed E-state index contributed by atoms with van der Waals surface area (Å²) in [5.74, 6) is -0.780. The van der Waals surface area contributed by atoms with E-state index in [4.69, 9.17) is 10.2 Å². The van der Waals surface area contributed by atoms with Crippen LogP contribution in [0.1, 0.15) is 18.4 Å². The van der Waals surface area contributed by atoms with Crippen LogP contribution in [0.25, 0.3) is 6.08 Å². The molecule has 0 atom stereocenters. The highest BCUT2D eigenvalue weighted by Crippen LogP contribution is 2.19. The number of phenolic OH excluding ortho intramolecular Hbond substituents is 1. The molecule has 1 heterocycles. The van der Waals surface area contributed by atoms with Crippen molar-refractivity contribution in [3.05, 3.63) is 35.4 Å². The summed E-state index contributed by atoms with van der Waals surface area (Å²) in [5, 5.41) is 18.2. The predicted molar refractivity (Wildman–Crippen MR) is 65.3 cm³/mol. The minimum atomic E-state index is -0.977. The van der Waals surface area contributed by atoms with Crippen LogP contribution in [0, 0.1) is 0 Å². The fourth-order valence-corrected chi connectivity index (χ4v) is 1.80. The first kappa shape index (κ1) is 11.4. The van der Waals surface area contributed by atoms with Crippen molar-refractivity contribution in [1.29, 1.82) is 0 Å². The van der Waals surface area contributed by atoms with Gasteiger partial charge in [0.05, 0.1) is 0 Å². The second-order valence-electron chi connectivity index (χ2n) is 3.90. The molecule has 4 nitrogen and oxygen atoms in total. The number of hydrogen-bond donors (Lipinski definition) is 2. The van der Waals surface area contributed by atoms with Crippen LogP contribution in [0.3, 0.4) is 0 Å². The average molecular weight is 231 g/mol. The van der Waals surface area contributed by atoms with E-state index in [9.17, 15) is 4.79 Å². The van der Waals surface area contributed by atoms with Gasteiger partial charge in [-0.2, -0.15) is 0 Å². The molecule has 1 aromatic carbocycles. The summed E-state index contributed by atoms with van der Waals surface area (Å²) >= 11 is 0. The Kier molecular flexibility index (Phi) is 3.23. The Morgan fingerprint density at radius 3 is 2.65 bits per heavy atom. The van der Waals surface area contributed by atoms with Gasteiger partial charge in [0.1, 0.15) is 11.5 Å². The molecule has 1 aliphatic rings. The van der Waals surface area contributed by atoms with Gasteiger partial charge in [0.25, 0.3) is 0 Å². The Balaban J connectivity index is 2.31. The van der Waals surface area contributed by atoms with E-state index in [0.29, 0.717) is 6.54 Å². The number of nitrogens with zero attached hydrogens (tertiary/aromatic N) is 1. The van der Waals surface area contributed by atoms with E-state index in [1.54, 1.807) is 24.3 Å². The number of hydrogen-bond acceptors (Lipinski definition) is 3. The molecule has 0 fully saturated rings. The lowest BCUT2D eigenvalue weighted by Crippen LogP contribution is -2.19. The van der Waals surface area contributed by atoms with Gasteiger partial charge in [-0.3, -0.25) is 4.99 Å². The van der Waals surface area contributed by atoms with Crippen molar-refractivity contribution in [3.8, 4) is 5.75 Å². The molecular weight excluding hydrogens is 218 g/mol. The van der Waals surface area contributed by atoms with Gasteiger partial charge >= 0.3 is 5.97 Å². The molecule has 0 spiro atoms. The first-order valence-corrected chi connectivity index (χ1v) is 5.44. The summed E-state index contributed by atoms with van der Waals surface area (Å²) in [7, 11) is 0. The van der Waals surface area contributed by atoms with E-state index in [2.05, 4.69) is 4.99 Å². The third kappa shape index (κ3) is 2.72. The number of rotatable bonds is 2. The van der Waals surface area contributed by atoms with Crippen LogP contribution in [0.4, 0.5) is 0 Å².